The molecule has 5 aromatic rings. The predicted molar refractivity (Wildman–Crippen MR) is 150 cm³/mol. The van der Waals surface area contributed by atoms with Gasteiger partial charge < -0.3 is 4.74 Å². The minimum Gasteiger partial charge on any atom is -0.481 e. The molecule has 0 aliphatic carbocycles. The standard InChI is InChI=1S/C31H27FN2O3S/c1-20(19-38(3,35)36)25-17-23-8-5-15-33-30(23)28(18-25)22-6-4-7-24(16-22)31-27(13-14-29(34-31)37-2)21-9-11-26(32)12-10-21/h4-18,20H,19H2,1-3H3. The smallest absolute Gasteiger partial charge is 0.213 e. The Balaban J connectivity index is 1.67. The maximum atomic E-state index is 13.6. The van der Waals surface area contributed by atoms with Crippen LogP contribution in [0.3, 0.4) is 0 Å². The molecule has 38 heavy (non-hydrogen) atoms. The monoisotopic (exact) mass is 526 g/mol. The van der Waals surface area contributed by atoms with Crippen LogP contribution in [0.5, 0.6) is 5.88 Å². The van der Waals surface area contributed by atoms with E-state index in [-0.39, 0.29) is 17.5 Å². The Kier molecular flexibility index (Phi) is 6.95. The van der Waals surface area contributed by atoms with Crippen LogP contribution in [0.2, 0.25) is 0 Å². The van der Waals surface area contributed by atoms with Gasteiger partial charge in [-0.15, -0.1) is 0 Å². The van der Waals surface area contributed by atoms with Crippen molar-refractivity contribution >= 4 is 20.7 Å². The van der Waals surface area contributed by atoms with Crippen LogP contribution in [0.4, 0.5) is 4.39 Å². The first-order valence-corrected chi connectivity index (χ1v) is 14.3. The molecule has 1 unspecified atom stereocenters. The molecule has 0 radical (unpaired) electrons. The number of hydrogen-bond donors (Lipinski definition) is 0. The summed E-state index contributed by atoms with van der Waals surface area (Å²) in [6.07, 6.45) is 3.02. The van der Waals surface area contributed by atoms with E-state index in [2.05, 4.69) is 4.98 Å². The topological polar surface area (TPSA) is 69.2 Å². The lowest BCUT2D eigenvalue weighted by Gasteiger charge is -2.16. The van der Waals surface area contributed by atoms with Gasteiger partial charge in [0.2, 0.25) is 5.88 Å². The van der Waals surface area contributed by atoms with E-state index < -0.39 is 9.84 Å². The summed E-state index contributed by atoms with van der Waals surface area (Å²) in [5.41, 5.74) is 6.85. The van der Waals surface area contributed by atoms with Gasteiger partial charge in [0.1, 0.15) is 15.7 Å². The van der Waals surface area contributed by atoms with E-state index >= 15 is 0 Å². The molecule has 5 rings (SSSR count). The highest BCUT2D eigenvalue weighted by molar-refractivity contribution is 7.90. The van der Waals surface area contributed by atoms with Crippen molar-refractivity contribution in [2.75, 3.05) is 19.1 Å². The molecule has 0 saturated heterocycles. The highest BCUT2D eigenvalue weighted by Gasteiger charge is 2.17. The summed E-state index contributed by atoms with van der Waals surface area (Å²) in [6, 6.07) is 25.9. The summed E-state index contributed by atoms with van der Waals surface area (Å²) >= 11 is 0. The highest BCUT2D eigenvalue weighted by atomic mass is 32.2. The second-order valence-electron chi connectivity index (χ2n) is 9.47. The summed E-state index contributed by atoms with van der Waals surface area (Å²) in [5.74, 6) is 0.0530. The van der Waals surface area contributed by atoms with Gasteiger partial charge in [-0.25, -0.2) is 17.8 Å². The Morgan fingerprint density at radius 2 is 1.63 bits per heavy atom. The largest absolute Gasteiger partial charge is 0.481 e. The first kappa shape index (κ1) is 25.5. The van der Waals surface area contributed by atoms with Crippen LogP contribution in [0, 0.1) is 5.82 Å². The van der Waals surface area contributed by atoms with Gasteiger partial charge in [0.05, 0.1) is 24.1 Å². The molecule has 5 nitrogen and oxygen atoms in total. The Bertz CT molecular complexity index is 1730. The van der Waals surface area contributed by atoms with Crippen LogP contribution >= 0.6 is 0 Å². The van der Waals surface area contributed by atoms with Gasteiger partial charge in [-0.3, -0.25) is 4.98 Å². The van der Waals surface area contributed by atoms with Gasteiger partial charge in [0.15, 0.2) is 0 Å². The molecule has 0 amide bonds. The number of hydrogen-bond acceptors (Lipinski definition) is 5. The highest BCUT2D eigenvalue weighted by Crippen LogP contribution is 2.37. The molecule has 0 fully saturated rings. The van der Waals surface area contributed by atoms with E-state index in [4.69, 9.17) is 9.72 Å². The Morgan fingerprint density at radius 3 is 2.37 bits per heavy atom. The van der Waals surface area contributed by atoms with Crippen LogP contribution in [-0.2, 0) is 9.84 Å². The molecular formula is C31H27FN2O3S. The summed E-state index contributed by atoms with van der Waals surface area (Å²) < 4.78 is 43.0. The molecule has 3 aromatic carbocycles. The molecule has 1 atom stereocenters. The number of benzene rings is 3. The molecule has 0 bridgehead atoms. The Labute approximate surface area is 221 Å². The van der Waals surface area contributed by atoms with E-state index in [1.165, 1.54) is 18.4 Å². The van der Waals surface area contributed by atoms with Crippen LogP contribution in [-0.4, -0.2) is 37.5 Å². The number of pyridine rings is 2. The van der Waals surface area contributed by atoms with Crippen LogP contribution in [0.25, 0.3) is 44.4 Å². The molecule has 192 valence electrons. The van der Waals surface area contributed by atoms with E-state index in [1.54, 1.807) is 31.5 Å². The van der Waals surface area contributed by atoms with Gasteiger partial charge in [0, 0.05) is 40.6 Å². The number of rotatable bonds is 7. The van der Waals surface area contributed by atoms with Crippen molar-refractivity contribution in [2.24, 2.45) is 0 Å². The summed E-state index contributed by atoms with van der Waals surface area (Å²) in [7, 11) is -1.57. The SMILES string of the molecule is COc1ccc(-c2ccc(F)cc2)c(-c2cccc(-c3cc(C(C)CS(C)(=O)=O)cc4cccnc34)c2)n1. The Morgan fingerprint density at radius 1 is 0.868 bits per heavy atom. The normalized spacial score (nSPS) is 12.4. The zero-order chi connectivity index (χ0) is 26.9. The number of halogens is 1. The lowest BCUT2D eigenvalue weighted by Crippen LogP contribution is -2.10. The molecule has 0 N–H and O–H groups in total. The fourth-order valence-corrected chi connectivity index (χ4v) is 5.84. The first-order chi connectivity index (χ1) is 18.2. The van der Waals surface area contributed by atoms with Crippen molar-refractivity contribution in [1.82, 2.24) is 9.97 Å². The third-order valence-electron chi connectivity index (χ3n) is 6.53. The minimum absolute atomic E-state index is 0.0625. The minimum atomic E-state index is -3.14. The van der Waals surface area contributed by atoms with Crippen LogP contribution < -0.4 is 4.74 Å². The number of ether oxygens (including phenoxy) is 1. The lowest BCUT2D eigenvalue weighted by atomic mass is 9.92. The van der Waals surface area contributed by atoms with E-state index in [9.17, 15) is 12.8 Å². The zero-order valence-corrected chi connectivity index (χ0v) is 22.2. The van der Waals surface area contributed by atoms with E-state index in [1.807, 2.05) is 61.5 Å². The average Bonchev–Trinajstić information content (AvgIpc) is 2.91. The first-order valence-electron chi connectivity index (χ1n) is 12.2. The van der Waals surface area contributed by atoms with Crippen molar-refractivity contribution in [3.05, 3.63) is 103 Å². The average molecular weight is 527 g/mol. The second-order valence-corrected chi connectivity index (χ2v) is 11.7. The molecule has 2 aromatic heterocycles. The quantitative estimate of drug-likeness (QED) is 0.230. The molecule has 2 heterocycles. The van der Waals surface area contributed by atoms with Crippen LogP contribution in [0.1, 0.15) is 18.4 Å². The van der Waals surface area contributed by atoms with Gasteiger partial charge in [0.25, 0.3) is 0 Å². The third-order valence-corrected chi connectivity index (χ3v) is 7.64. The number of aromatic nitrogens is 2. The van der Waals surface area contributed by atoms with Gasteiger partial charge >= 0.3 is 0 Å². The fraction of sp³-hybridized carbons (Fsp3) is 0.161. The van der Waals surface area contributed by atoms with Crippen molar-refractivity contribution in [3.63, 3.8) is 0 Å². The summed E-state index contributed by atoms with van der Waals surface area (Å²) in [5, 5.41) is 0.942. The maximum Gasteiger partial charge on any atom is 0.213 e. The van der Waals surface area contributed by atoms with Crippen LogP contribution in [0.15, 0.2) is 91.1 Å². The summed E-state index contributed by atoms with van der Waals surface area (Å²) in [6.45, 7) is 1.92. The number of methoxy groups -OCH3 is 1. The van der Waals surface area contributed by atoms with Gasteiger partial charge in [-0.1, -0.05) is 43.3 Å². The van der Waals surface area contributed by atoms with Crippen molar-refractivity contribution in [1.29, 1.82) is 0 Å². The van der Waals surface area contributed by atoms with Gasteiger partial charge in [-0.2, -0.15) is 0 Å². The molecule has 0 saturated carbocycles. The molecule has 0 aliphatic rings. The predicted octanol–water partition coefficient (Wildman–Crippen LogP) is 6.93. The van der Waals surface area contributed by atoms with Crippen molar-refractivity contribution in [3.8, 4) is 39.4 Å². The molecule has 0 spiro atoms. The number of sulfone groups is 1. The molecule has 7 heteroatoms. The molecule has 0 aliphatic heterocycles. The second kappa shape index (κ2) is 10.3. The van der Waals surface area contributed by atoms with Crippen molar-refractivity contribution in [2.45, 2.75) is 12.8 Å². The number of nitrogens with zero attached hydrogens (tertiary/aromatic N) is 2. The Hall–Kier alpha value is -4.10. The van der Waals surface area contributed by atoms with Crippen molar-refractivity contribution < 1.29 is 17.5 Å². The zero-order valence-electron chi connectivity index (χ0n) is 21.4. The summed E-state index contributed by atoms with van der Waals surface area (Å²) in [4.78, 5) is 9.39. The fourth-order valence-electron chi connectivity index (χ4n) is 4.74. The van der Waals surface area contributed by atoms with E-state index in [0.29, 0.717) is 11.6 Å². The van der Waals surface area contributed by atoms with Gasteiger partial charge in [-0.05, 0) is 65.1 Å². The van der Waals surface area contributed by atoms with E-state index in [0.717, 1.165) is 44.3 Å². The lowest BCUT2D eigenvalue weighted by molar-refractivity contribution is 0.398. The molecular weight excluding hydrogens is 499 g/mol. The third kappa shape index (κ3) is 5.43. The maximum absolute atomic E-state index is 13.6. The number of fused-ring (bicyclic) bond motifs is 1.